The van der Waals surface area contributed by atoms with Gasteiger partial charge in [0.1, 0.15) is 11.9 Å². The zero-order valence-electron chi connectivity index (χ0n) is 18.3. The van der Waals surface area contributed by atoms with Crippen LogP contribution in [0.15, 0.2) is 65.1 Å². The average Bonchev–Trinajstić information content (AvgIpc) is 2.85. The van der Waals surface area contributed by atoms with Gasteiger partial charge in [0, 0.05) is 20.7 Å². The fourth-order valence-electron chi connectivity index (χ4n) is 3.50. The molecule has 0 saturated heterocycles. The summed E-state index contributed by atoms with van der Waals surface area (Å²) < 4.78 is 17.2. The van der Waals surface area contributed by atoms with Gasteiger partial charge in [-0.05, 0) is 54.6 Å². The first kappa shape index (κ1) is 23.7. The lowest BCUT2D eigenvalue weighted by Crippen LogP contribution is -2.53. The molecule has 0 aromatic heterocycles. The molecule has 1 aliphatic rings. The molecule has 4 rings (SSSR count). The molecular formula is C24H21BrClN3O5. The SMILES string of the molecule is COc1ccc(C2Nc3ccc(Cl)cc3C(=O)N2NC(=O)COc2ccc(Br)cc2)cc1OC. The Bertz CT molecular complexity index is 1220. The number of hydrazine groups is 1. The zero-order chi connectivity index (χ0) is 24.2. The molecule has 3 aromatic carbocycles. The van der Waals surface area contributed by atoms with Gasteiger partial charge in [-0.15, -0.1) is 0 Å². The van der Waals surface area contributed by atoms with E-state index in [1.807, 2.05) is 0 Å². The quantitative estimate of drug-likeness (QED) is 0.443. The van der Waals surface area contributed by atoms with E-state index < -0.39 is 18.0 Å². The van der Waals surface area contributed by atoms with Crippen LogP contribution in [0, 0.1) is 0 Å². The van der Waals surface area contributed by atoms with E-state index >= 15 is 0 Å². The van der Waals surface area contributed by atoms with Crippen LogP contribution in [0.1, 0.15) is 22.1 Å². The largest absolute Gasteiger partial charge is 0.493 e. The Kier molecular flexibility index (Phi) is 7.14. The van der Waals surface area contributed by atoms with E-state index in [9.17, 15) is 9.59 Å². The highest BCUT2D eigenvalue weighted by atomic mass is 79.9. The van der Waals surface area contributed by atoms with Gasteiger partial charge in [-0.25, -0.2) is 5.01 Å². The lowest BCUT2D eigenvalue weighted by molar-refractivity contribution is -0.127. The molecule has 0 fully saturated rings. The average molecular weight is 547 g/mol. The van der Waals surface area contributed by atoms with Crippen LogP contribution >= 0.6 is 27.5 Å². The van der Waals surface area contributed by atoms with Gasteiger partial charge in [-0.1, -0.05) is 33.6 Å². The predicted octanol–water partition coefficient (Wildman–Crippen LogP) is 4.80. The van der Waals surface area contributed by atoms with Crippen molar-refractivity contribution in [3.63, 3.8) is 0 Å². The summed E-state index contributed by atoms with van der Waals surface area (Å²) in [6.07, 6.45) is -0.724. The van der Waals surface area contributed by atoms with Gasteiger partial charge in [-0.2, -0.15) is 0 Å². The monoisotopic (exact) mass is 545 g/mol. The molecule has 1 aliphatic heterocycles. The molecule has 8 nitrogen and oxygen atoms in total. The van der Waals surface area contributed by atoms with Gasteiger partial charge in [-0.3, -0.25) is 15.0 Å². The molecule has 0 saturated carbocycles. The maximum atomic E-state index is 13.4. The van der Waals surface area contributed by atoms with Crippen LogP contribution in [0.25, 0.3) is 0 Å². The number of hydrogen-bond donors (Lipinski definition) is 2. The highest BCUT2D eigenvalue weighted by Crippen LogP contribution is 2.36. The summed E-state index contributed by atoms with van der Waals surface area (Å²) in [6.45, 7) is -0.285. The lowest BCUT2D eigenvalue weighted by Gasteiger charge is -2.38. The van der Waals surface area contributed by atoms with E-state index in [0.717, 1.165) is 4.47 Å². The van der Waals surface area contributed by atoms with Crippen LogP contribution in [-0.4, -0.2) is 37.6 Å². The second kappa shape index (κ2) is 10.2. The number of hydrogen-bond acceptors (Lipinski definition) is 6. The summed E-state index contributed by atoms with van der Waals surface area (Å²) in [4.78, 5) is 26.1. The Balaban J connectivity index is 1.61. The second-order valence-electron chi connectivity index (χ2n) is 7.30. The lowest BCUT2D eigenvalue weighted by atomic mass is 10.0. The molecule has 1 heterocycles. The predicted molar refractivity (Wildman–Crippen MR) is 131 cm³/mol. The molecule has 1 atom stereocenters. The summed E-state index contributed by atoms with van der Waals surface area (Å²) in [7, 11) is 3.06. The number of halogens is 2. The fraction of sp³-hybridized carbons (Fsp3) is 0.167. The van der Waals surface area contributed by atoms with E-state index in [4.69, 9.17) is 25.8 Å². The minimum atomic E-state index is -0.724. The van der Waals surface area contributed by atoms with Crippen molar-refractivity contribution in [1.29, 1.82) is 0 Å². The molecule has 0 bridgehead atoms. The van der Waals surface area contributed by atoms with E-state index in [2.05, 4.69) is 26.7 Å². The van der Waals surface area contributed by atoms with Gasteiger partial charge >= 0.3 is 0 Å². The number of nitrogens with one attached hydrogen (secondary N) is 2. The summed E-state index contributed by atoms with van der Waals surface area (Å²) in [6, 6.07) is 17.3. The fourth-order valence-corrected chi connectivity index (χ4v) is 3.93. The van der Waals surface area contributed by atoms with Crippen LogP contribution < -0.4 is 25.0 Å². The molecule has 0 spiro atoms. The summed E-state index contributed by atoms with van der Waals surface area (Å²) in [5.74, 6) is 0.622. The Morgan fingerprint density at radius 3 is 2.50 bits per heavy atom. The zero-order valence-corrected chi connectivity index (χ0v) is 20.6. The van der Waals surface area contributed by atoms with Gasteiger partial charge in [0.15, 0.2) is 18.1 Å². The van der Waals surface area contributed by atoms with Crippen LogP contribution in [-0.2, 0) is 4.79 Å². The Morgan fingerprint density at radius 2 is 1.79 bits per heavy atom. The maximum absolute atomic E-state index is 13.4. The number of methoxy groups -OCH3 is 2. The second-order valence-corrected chi connectivity index (χ2v) is 8.66. The van der Waals surface area contributed by atoms with Crippen LogP contribution in [0.5, 0.6) is 17.2 Å². The van der Waals surface area contributed by atoms with Crippen LogP contribution in [0.4, 0.5) is 5.69 Å². The molecule has 176 valence electrons. The van der Waals surface area contributed by atoms with Crippen molar-refractivity contribution in [2.24, 2.45) is 0 Å². The van der Waals surface area contributed by atoms with Crippen molar-refractivity contribution in [2.45, 2.75) is 6.17 Å². The third-order valence-corrected chi connectivity index (χ3v) is 5.90. The van der Waals surface area contributed by atoms with Crippen molar-refractivity contribution < 1.29 is 23.8 Å². The number of ether oxygens (including phenoxy) is 3. The van der Waals surface area contributed by atoms with E-state index in [1.165, 1.54) is 19.2 Å². The molecule has 3 aromatic rings. The standard InChI is InChI=1S/C24H21BrClN3O5/c1-32-20-10-3-14(11-21(20)33-2)23-27-19-9-6-16(26)12-18(19)24(31)29(23)28-22(30)13-34-17-7-4-15(25)5-8-17/h3-12,23,27H,13H2,1-2H3,(H,28,30). The number of fused-ring (bicyclic) bond motifs is 1. The molecule has 34 heavy (non-hydrogen) atoms. The molecule has 0 radical (unpaired) electrons. The minimum Gasteiger partial charge on any atom is -0.493 e. The molecule has 2 N–H and O–H groups in total. The van der Waals surface area contributed by atoms with Crippen molar-refractivity contribution >= 4 is 45.0 Å². The molecule has 2 amide bonds. The van der Waals surface area contributed by atoms with E-state index in [1.54, 1.807) is 60.7 Å². The normalized spacial score (nSPS) is 14.6. The number of benzene rings is 3. The smallest absolute Gasteiger partial charge is 0.276 e. The van der Waals surface area contributed by atoms with Crippen molar-refractivity contribution in [2.75, 3.05) is 26.1 Å². The van der Waals surface area contributed by atoms with Gasteiger partial charge in [0.25, 0.3) is 11.8 Å². The Hall–Kier alpha value is -3.43. The molecular weight excluding hydrogens is 526 g/mol. The number of amides is 2. The molecule has 10 heteroatoms. The van der Waals surface area contributed by atoms with Crippen molar-refractivity contribution in [3.8, 4) is 17.2 Å². The first-order valence-electron chi connectivity index (χ1n) is 10.2. The summed E-state index contributed by atoms with van der Waals surface area (Å²) in [5.41, 5.74) is 4.25. The first-order valence-corrected chi connectivity index (χ1v) is 11.4. The van der Waals surface area contributed by atoms with Crippen molar-refractivity contribution in [3.05, 3.63) is 81.3 Å². The van der Waals surface area contributed by atoms with Gasteiger partial charge in [0.05, 0.1) is 19.8 Å². The van der Waals surface area contributed by atoms with E-state index in [-0.39, 0.29) is 6.61 Å². The number of carbonyl (C=O) groups is 2. The summed E-state index contributed by atoms with van der Waals surface area (Å²) >= 11 is 9.46. The Morgan fingerprint density at radius 1 is 1.06 bits per heavy atom. The topological polar surface area (TPSA) is 89.1 Å². The highest BCUT2D eigenvalue weighted by molar-refractivity contribution is 9.10. The van der Waals surface area contributed by atoms with Crippen LogP contribution in [0.3, 0.4) is 0 Å². The highest BCUT2D eigenvalue weighted by Gasteiger charge is 2.35. The first-order chi connectivity index (χ1) is 16.4. The molecule has 0 aliphatic carbocycles. The third kappa shape index (κ3) is 5.05. The number of nitrogens with zero attached hydrogens (tertiary/aromatic N) is 1. The van der Waals surface area contributed by atoms with Crippen LogP contribution in [0.2, 0.25) is 5.02 Å². The minimum absolute atomic E-state index is 0.285. The van der Waals surface area contributed by atoms with Gasteiger partial charge in [0.2, 0.25) is 0 Å². The summed E-state index contributed by atoms with van der Waals surface area (Å²) in [5, 5.41) is 4.91. The number of rotatable bonds is 7. The van der Waals surface area contributed by atoms with Crippen molar-refractivity contribution in [1.82, 2.24) is 10.4 Å². The number of anilines is 1. The Labute approximate surface area is 209 Å². The van der Waals surface area contributed by atoms with E-state index in [0.29, 0.717) is 39.1 Å². The number of carbonyl (C=O) groups excluding carboxylic acids is 2. The van der Waals surface area contributed by atoms with Gasteiger partial charge < -0.3 is 19.5 Å². The molecule has 1 unspecified atom stereocenters. The third-order valence-electron chi connectivity index (χ3n) is 5.13. The maximum Gasteiger partial charge on any atom is 0.276 e.